The van der Waals surface area contributed by atoms with Gasteiger partial charge >= 0.3 is 0 Å². The number of aromatic nitrogens is 3. The molecule has 0 radical (unpaired) electrons. The van der Waals surface area contributed by atoms with E-state index in [2.05, 4.69) is 18.9 Å². The van der Waals surface area contributed by atoms with Gasteiger partial charge in [0.25, 0.3) is 5.91 Å². The van der Waals surface area contributed by atoms with E-state index in [0.717, 1.165) is 11.4 Å². The number of hydrogen-bond acceptors (Lipinski definition) is 5. The molecule has 1 aliphatic rings. The molecular weight excluding hydrogens is 372 g/mol. The third-order valence-corrected chi connectivity index (χ3v) is 6.00. The number of rotatable bonds is 4. The smallest absolute Gasteiger partial charge is 0.255 e. The van der Waals surface area contributed by atoms with Gasteiger partial charge in [-0.2, -0.15) is 5.10 Å². The van der Waals surface area contributed by atoms with Gasteiger partial charge in [-0.3, -0.25) is 9.59 Å². The first-order valence-corrected chi connectivity index (χ1v) is 10.2. The number of nitrogens with zero attached hydrogens (tertiary/aromatic N) is 4. The number of hydrogen-bond donors (Lipinski definition) is 0. The van der Waals surface area contributed by atoms with Crippen LogP contribution in [0.15, 0.2) is 41.8 Å². The van der Waals surface area contributed by atoms with Crippen molar-refractivity contribution in [2.75, 3.05) is 6.54 Å². The zero-order valence-electron chi connectivity index (χ0n) is 16.1. The molecule has 144 valence electrons. The Morgan fingerprint density at radius 3 is 2.57 bits per heavy atom. The minimum absolute atomic E-state index is 0.0182. The maximum absolute atomic E-state index is 13.2. The fourth-order valence-electron chi connectivity index (χ4n) is 3.61. The van der Waals surface area contributed by atoms with Gasteiger partial charge in [0.1, 0.15) is 0 Å². The average molecular weight is 395 g/mol. The second kappa shape index (κ2) is 7.31. The van der Waals surface area contributed by atoms with Crippen molar-refractivity contribution in [3.05, 3.63) is 58.0 Å². The van der Waals surface area contributed by atoms with Gasteiger partial charge in [-0.05, 0) is 18.9 Å². The lowest BCUT2D eigenvalue weighted by atomic mass is 9.99. The number of benzene rings is 1. The lowest BCUT2D eigenvalue weighted by molar-refractivity contribution is 0.0537. The second-order valence-electron chi connectivity index (χ2n) is 7.33. The number of amides is 1. The van der Waals surface area contributed by atoms with Crippen LogP contribution in [-0.2, 0) is 6.54 Å². The van der Waals surface area contributed by atoms with Crippen LogP contribution in [0.4, 0.5) is 0 Å². The van der Waals surface area contributed by atoms with Gasteiger partial charge < -0.3 is 4.90 Å². The van der Waals surface area contributed by atoms with Crippen LogP contribution in [0.3, 0.4) is 0 Å². The minimum atomic E-state index is -0.160. The summed E-state index contributed by atoms with van der Waals surface area (Å²) < 4.78 is 1.92. The summed E-state index contributed by atoms with van der Waals surface area (Å²) in [6, 6.07) is 11.4. The number of ketones is 1. The van der Waals surface area contributed by atoms with Crippen molar-refractivity contribution >= 4 is 23.0 Å². The van der Waals surface area contributed by atoms with E-state index in [4.69, 9.17) is 4.98 Å². The van der Waals surface area contributed by atoms with Crippen LogP contribution in [0, 0.1) is 5.92 Å². The molecule has 4 rings (SSSR count). The fraction of sp³-hybridized carbons (Fsp3) is 0.333. The van der Waals surface area contributed by atoms with Crippen molar-refractivity contribution in [3.8, 4) is 11.4 Å². The lowest BCUT2D eigenvalue weighted by Crippen LogP contribution is -2.44. The van der Waals surface area contributed by atoms with Gasteiger partial charge in [-0.25, -0.2) is 9.67 Å². The van der Waals surface area contributed by atoms with Crippen LogP contribution in [0.5, 0.6) is 0 Å². The van der Waals surface area contributed by atoms with E-state index in [1.165, 1.54) is 18.3 Å². The van der Waals surface area contributed by atoms with Crippen molar-refractivity contribution in [2.24, 2.45) is 5.92 Å². The Balaban J connectivity index is 1.69. The van der Waals surface area contributed by atoms with Crippen molar-refractivity contribution in [3.63, 3.8) is 0 Å². The van der Waals surface area contributed by atoms with E-state index >= 15 is 0 Å². The normalized spacial score (nSPS) is 16.3. The highest BCUT2D eigenvalue weighted by Crippen LogP contribution is 2.33. The molecule has 7 heteroatoms. The van der Waals surface area contributed by atoms with Crippen molar-refractivity contribution in [2.45, 2.75) is 33.4 Å². The molecule has 0 saturated heterocycles. The van der Waals surface area contributed by atoms with Gasteiger partial charge in [0, 0.05) is 17.5 Å². The maximum Gasteiger partial charge on any atom is 0.255 e. The molecule has 0 fully saturated rings. The standard InChI is InChI=1S/C21H22N4O2S/c1-13(2)18-20-22-19(15-7-5-4-6-8-15)23-25(20)10-9-24(18)21(27)16-11-17(14(3)26)28-12-16/h4-8,11-13,18H,9-10H2,1-3H3/t18-/m0/s1. The molecule has 0 unspecified atom stereocenters. The van der Waals surface area contributed by atoms with E-state index in [1.807, 2.05) is 39.9 Å². The summed E-state index contributed by atoms with van der Waals surface area (Å²) in [5, 5.41) is 6.44. The summed E-state index contributed by atoms with van der Waals surface area (Å²) in [7, 11) is 0. The van der Waals surface area contributed by atoms with Crippen molar-refractivity contribution in [1.82, 2.24) is 19.7 Å². The molecular formula is C21H22N4O2S. The number of carbonyl (C=O) groups excluding carboxylic acids is 2. The summed E-state index contributed by atoms with van der Waals surface area (Å²) in [6.07, 6.45) is 0. The predicted molar refractivity (Wildman–Crippen MR) is 108 cm³/mol. The summed E-state index contributed by atoms with van der Waals surface area (Å²) in [6.45, 7) is 6.87. The van der Waals surface area contributed by atoms with Crippen LogP contribution in [-0.4, -0.2) is 37.9 Å². The Morgan fingerprint density at radius 1 is 1.18 bits per heavy atom. The zero-order valence-corrected chi connectivity index (χ0v) is 16.9. The van der Waals surface area contributed by atoms with Crippen LogP contribution in [0.25, 0.3) is 11.4 Å². The lowest BCUT2D eigenvalue weighted by Gasteiger charge is -2.37. The van der Waals surface area contributed by atoms with Crippen LogP contribution >= 0.6 is 11.3 Å². The molecule has 0 spiro atoms. The molecule has 1 aromatic carbocycles. The summed E-state index contributed by atoms with van der Waals surface area (Å²) >= 11 is 1.32. The van der Waals surface area contributed by atoms with Gasteiger partial charge in [0.15, 0.2) is 17.4 Å². The minimum Gasteiger partial charge on any atom is -0.326 e. The first-order chi connectivity index (χ1) is 13.5. The van der Waals surface area contributed by atoms with E-state index < -0.39 is 0 Å². The molecule has 1 amide bonds. The summed E-state index contributed by atoms with van der Waals surface area (Å²) in [5.41, 5.74) is 1.53. The molecule has 28 heavy (non-hydrogen) atoms. The molecule has 6 nitrogen and oxygen atoms in total. The van der Waals surface area contributed by atoms with Gasteiger partial charge in [-0.15, -0.1) is 11.3 Å². The molecule has 0 aliphatic carbocycles. The topological polar surface area (TPSA) is 68.1 Å². The monoisotopic (exact) mass is 394 g/mol. The van der Waals surface area contributed by atoms with E-state index in [1.54, 1.807) is 11.4 Å². The van der Waals surface area contributed by atoms with Crippen LogP contribution < -0.4 is 0 Å². The molecule has 0 N–H and O–H groups in total. The van der Waals surface area contributed by atoms with E-state index in [-0.39, 0.29) is 23.7 Å². The van der Waals surface area contributed by atoms with E-state index in [0.29, 0.717) is 29.4 Å². The number of carbonyl (C=O) groups is 2. The SMILES string of the molecule is CC(=O)c1cc(C(=O)N2CCn3nc(-c4ccccc4)nc3[C@@H]2C(C)C)cs1. The molecule has 1 aliphatic heterocycles. The Bertz CT molecular complexity index is 1020. The number of thiophene rings is 1. The molecule has 3 aromatic rings. The molecule has 1 atom stereocenters. The van der Waals surface area contributed by atoms with Crippen molar-refractivity contribution < 1.29 is 9.59 Å². The number of Topliss-reactive ketones (excluding diaryl/α,β-unsaturated/α-hetero) is 1. The highest BCUT2D eigenvalue weighted by molar-refractivity contribution is 7.12. The molecule has 2 aromatic heterocycles. The van der Waals surface area contributed by atoms with Gasteiger partial charge in [0.2, 0.25) is 0 Å². The fourth-order valence-corrected chi connectivity index (χ4v) is 4.40. The Hall–Kier alpha value is -2.80. The van der Waals surface area contributed by atoms with Gasteiger partial charge in [-0.1, -0.05) is 44.2 Å². The molecule has 0 saturated carbocycles. The van der Waals surface area contributed by atoms with Crippen LogP contribution in [0.1, 0.15) is 52.7 Å². The summed E-state index contributed by atoms with van der Waals surface area (Å²) in [4.78, 5) is 32.1. The Kier molecular flexibility index (Phi) is 4.85. The highest BCUT2D eigenvalue weighted by atomic mass is 32.1. The first-order valence-electron chi connectivity index (χ1n) is 9.36. The van der Waals surface area contributed by atoms with Crippen LogP contribution in [0.2, 0.25) is 0 Å². The molecule has 0 bridgehead atoms. The third-order valence-electron chi connectivity index (χ3n) is 4.97. The Labute approximate surface area is 167 Å². The highest BCUT2D eigenvalue weighted by Gasteiger charge is 2.36. The predicted octanol–water partition coefficient (Wildman–Crippen LogP) is 4.06. The second-order valence-corrected chi connectivity index (χ2v) is 8.24. The first kappa shape index (κ1) is 18.6. The Morgan fingerprint density at radius 2 is 1.93 bits per heavy atom. The zero-order chi connectivity index (χ0) is 19.8. The van der Waals surface area contributed by atoms with Gasteiger partial charge in [0.05, 0.1) is 23.0 Å². The average Bonchev–Trinajstić information content (AvgIpc) is 3.34. The van der Waals surface area contributed by atoms with Crippen molar-refractivity contribution in [1.29, 1.82) is 0 Å². The maximum atomic E-state index is 13.2. The number of fused-ring (bicyclic) bond motifs is 1. The van der Waals surface area contributed by atoms with E-state index in [9.17, 15) is 9.59 Å². The quantitative estimate of drug-likeness (QED) is 0.626. The largest absolute Gasteiger partial charge is 0.326 e. The third kappa shape index (κ3) is 3.26. The molecule has 3 heterocycles. The summed E-state index contributed by atoms with van der Waals surface area (Å²) in [5.74, 6) is 1.61.